The van der Waals surface area contributed by atoms with Gasteiger partial charge in [0.2, 0.25) is 5.91 Å². The lowest BCUT2D eigenvalue weighted by atomic mass is 9.68. The molecule has 1 aliphatic rings. The molecule has 1 saturated heterocycles. The van der Waals surface area contributed by atoms with E-state index < -0.39 is 23.6 Å². The lowest BCUT2D eigenvalue weighted by molar-refractivity contribution is -0.123. The van der Waals surface area contributed by atoms with Gasteiger partial charge in [0.05, 0.1) is 24.3 Å². The highest BCUT2D eigenvalue weighted by atomic mass is 35.5. The predicted molar refractivity (Wildman–Crippen MR) is 137 cm³/mol. The molecule has 34 heavy (non-hydrogen) atoms. The van der Waals surface area contributed by atoms with Crippen LogP contribution in [0.3, 0.4) is 0 Å². The van der Waals surface area contributed by atoms with Crippen molar-refractivity contribution in [3.63, 3.8) is 0 Å². The number of hydrogen-bond donors (Lipinski definition) is 5. The molecule has 2 aromatic carbocycles. The van der Waals surface area contributed by atoms with E-state index in [1.54, 1.807) is 6.07 Å². The highest BCUT2D eigenvalue weighted by molar-refractivity contribution is 6.30. The summed E-state index contributed by atoms with van der Waals surface area (Å²) in [5.41, 5.74) is 8.25. The summed E-state index contributed by atoms with van der Waals surface area (Å²) in [6.45, 7) is 4.17. The van der Waals surface area contributed by atoms with Crippen LogP contribution >= 0.6 is 23.2 Å². The van der Waals surface area contributed by atoms with Gasteiger partial charge < -0.3 is 21.3 Å². The summed E-state index contributed by atoms with van der Waals surface area (Å²) in [6, 6.07) is 14.3. The molecule has 0 aromatic heterocycles. The lowest BCUT2D eigenvalue weighted by Gasteiger charge is -2.40. The first-order chi connectivity index (χ1) is 16.3. The highest BCUT2D eigenvalue weighted by Gasteiger charge is 2.57. The molecule has 2 unspecified atom stereocenters. The van der Waals surface area contributed by atoms with Crippen molar-refractivity contribution >= 4 is 29.1 Å². The zero-order valence-electron chi connectivity index (χ0n) is 19.7. The van der Waals surface area contributed by atoms with Gasteiger partial charge in [-0.25, -0.2) is 0 Å². The molecule has 6 nitrogen and oxygen atoms in total. The molecular formula is C26H35Cl2N3O3. The number of nitrogens with two attached hydrogens (primary N) is 1. The molecule has 0 aliphatic carbocycles. The van der Waals surface area contributed by atoms with Crippen molar-refractivity contribution in [2.75, 3.05) is 13.2 Å². The molecule has 0 bridgehead atoms. The Morgan fingerprint density at radius 3 is 2.41 bits per heavy atom. The number of benzene rings is 2. The van der Waals surface area contributed by atoms with Crippen LogP contribution in [0.1, 0.15) is 50.2 Å². The molecule has 8 heteroatoms. The molecule has 1 aliphatic heterocycles. The van der Waals surface area contributed by atoms with Crippen LogP contribution in [0.25, 0.3) is 0 Å². The summed E-state index contributed by atoms with van der Waals surface area (Å²) in [6.07, 6.45) is 1.19. The van der Waals surface area contributed by atoms with E-state index in [9.17, 15) is 9.90 Å². The maximum Gasteiger partial charge on any atom is 0.237 e. The minimum absolute atomic E-state index is 0.175. The van der Waals surface area contributed by atoms with Crippen molar-refractivity contribution in [3.05, 3.63) is 69.7 Å². The molecule has 3 rings (SSSR count). The van der Waals surface area contributed by atoms with Gasteiger partial charge in [-0.15, -0.1) is 0 Å². The van der Waals surface area contributed by atoms with Crippen molar-refractivity contribution in [1.29, 1.82) is 0 Å². The number of hydrogen-bond acceptors (Lipinski definition) is 5. The smallest absolute Gasteiger partial charge is 0.237 e. The number of amides is 1. The van der Waals surface area contributed by atoms with Gasteiger partial charge in [0, 0.05) is 28.5 Å². The number of rotatable bonds is 10. The van der Waals surface area contributed by atoms with Crippen molar-refractivity contribution in [1.82, 2.24) is 10.6 Å². The zero-order valence-corrected chi connectivity index (χ0v) is 21.2. The van der Waals surface area contributed by atoms with Gasteiger partial charge in [-0.2, -0.15) is 0 Å². The van der Waals surface area contributed by atoms with Gasteiger partial charge in [0.1, 0.15) is 0 Å². The van der Waals surface area contributed by atoms with E-state index >= 15 is 0 Å². The molecule has 0 saturated carbocycles. The number of nitrogens with one attached hydrogen (secondary N) is 2. The van der Waals surface area contributed by atoms with Gasteiger partial charge in [0.25, 0.3) is 0 Å². The van der Waals surface area contributed by atoms with E-state index in [-0.39, 0.29) is 37.4 Å². The zero-order chi connectivity index (χ0) is 24.9. The predicted octanol–water partition coefficient (Wildman–Crippen LogP) is 3.57. The standard InChI is InChI=1S/C26H35Cl2N3O3/c1-3-16(4-2)24-26(29,18-8-10-19(27)11-9-18)22(17-6-5-7-20(28)14-17)23(31-24)25(34)30-13-12-21(33)15-32/h5-11,14,16,21-24,31-33H,3-4,12-13,15,29H2,1-2H3,(H,30,34)/t21?,22-,23+,24?,26-/m0/s1. The second-order valence-electron chi connectivity index (χ2n) is 9.09. The summed E-state index contributed by atoms with van der Waals surface area (Å²) in [4.78, 5) is 13.5. The fourth-order valence-corrected chi connectivity index (χ4v) is 5.56. The van der Waals surface area contributed by atoms with Gasteiger partial charge >= 0.3 is 0 Å². The third-order valence-electron chi connectivity index (χ3n) is 7.06. The molecule has 5 atom stereocenters. The first-order valence-corrected chi connectivity index (χ1v) is 12.6. The molecule has 1 fully saturated rings. The maximum atomic E-state index is 13.5. The molecule has 1 amide bonds. The summed E-state index contributed by atoms with van der Waals surface area (Å²) < 4.78 is 0. The van der Waals surface area contributed by atoms with Crippen molar-refractivity contribution in [3.8, 4) is 0 Å². The van der Waals surface area contributed by atoms with E-state index in [4.69, 9.17) is 34.0 Å². The number of aliphatic hydroxyl groups is 2. The van der Waals surface area contributed by atoms with Crippen LogP contribution in [-0.4, -0.2) is 47.5 Å². The number of carbonyl (C=O) groups excluding carboxylic acids is 1. The third-order valence-corrected chi connectivity index (χ3v) is 7.55. The fourth-order valence-electron chi connectivity index (χ4n) is 5.24. The minimum Gasteiger partial charge on any atom is -0.394 e. The summed E-state index contributed by atoms with van der Waals surface area (Å²) in [5, 5.41) is 26.4. The maximum absolute atomic E-state index is 13.5. The van der Waals surface area contributed by atoms with Crippen molar-refractivity contribution in [2.24, 2.45) is 11.7 Å². The average molecular weight is 508 g/mol. The second-order valence-corrected chi connectivity index (χ2v) is 9.96. The molecule has 6 N–H and O–H groups in total. The van der Waals surface area contributed by atoms with E-state index in [2.05, 4.69) is 24.5 Å². The summed E-state index contributed by atoms with van der Waals surface area (Å²) in [5.74, 6) is -0.371. The molecule has 2 aromatic rings. The van der Waals surface area contributed by atoms with Gasteiger partial charge in [-0.1, -0.05) is 74.2 Å². The molecule has 0 spiro atoms. The number of aliphatic hydroxyl groups excluding tert-OH is 2. The molecule has 1 heterocycles. The second kappa shape index (κ2) is 11.8. The summed E-state index contributed by atoms with van der Waals surface area (Å²) in [7, 11) is 0. The van der Waals surface area contributed by atoms with Gasteiger partial charge in [-0.3, -0.25) is 10.1 Å². The Kier molecular flexibility index (Phi) is 9.38. The van der Waals surface area contributed by atoms with Gasteiger partial charge in [-0.05, 0) is 47.7 Å². The SMILES string of the molecule is CCC(CC)C1N[C@@H](C(=O)NCCC(O)CO)[C@H](c2cccc(Cl)c2)[C@@]1(N)c1ccc(Cl)cc1. The third kappa shape index (κ3) is 5.59. The van der Waals surface area contributed by atoms with Crippen LogP contribution in [-0.2, 0) is 10.3 Å². The fraction of sp³-hybridized carbons (Fsp3) is 0.500. The quantitative estimate of drug-likeness (QED) is 0.337. The molecule has 186 valence electrons. The van der Waals surface area contributed by atoms with E-state index in [0.717, 1.165) is 24.0 Å². The van der Waals surface area contributed by atoms with Crippen LogP contribution < -0.4 is 16.4 Å². The van der Waals surface area contributed by atoms with Crippen LogP contribution in [0.4, 0.5) is 0 Å². The Balaban J connectivity index is 2.09. The van der Waals surface area contributed by atoms with Crippen molar-refractivity contribution in [2.45, 2.75) is 62.8 Å². The minimum atomic E-state index is -0.904. The Bertz CT molecular complexity index is 955. The normalized spacial score (nSPS) is 25.5. The monoisotopic (exact) mass is 507 g/mol. The van der Waals surface area contributed by atoms with Crippen LogP contribution in [0, 0.1) is 5.92 Å². The van der Waals surface area contributed by atoms with Crippen LogP contribution in [0.5, 0.6) is 0 Å². The lowest BCUT2D eigenvalue weighted by Crippen LogP contribution is -2.53. The molecule has 0 radical (unpaired) electrons. The van der Waals surface area contributed by atoms with E-state index in [0.29, 0.717) is 10.0 Å². The highest BCUT2D eigenvalue weighted by Crippen LogP contribution is 2.48. The summed E-state index contributed by atoms with van der Waals surface area (Å²) >= 11 is 12.6. The number of carbonyl (C=O) groups is 1. The average Bonchev–Trinajstić information content (AvgIpc) is 3.14. The van der Waals surface area contributed by atoms with Gasteiger partial charge in [0.15, 0.2) is 0 Å². The first-order valence-electron chi connectivity index (χ1n) is 11.9. The van der Waals surface area contributed by atoms with E-state index in [1.807, 2.05) is 42.5 Å². The molecular weight excluding hydrogens is 473 g/mol. The first kappa shape index (κ1) is 26.9. The van der Waals surface area contributed by atoms with E-state index in [1.165, 1.54) is 0 Å². The Morgan fingerprint density at radius 1 is 1.15 bits per heavy atom. The Hall–Kier alpha value is -1.67. The Labute approximate surface area is 211 Å². The van der Waals surface area contributed by atoms with Crippen LogP contribution in [0.15, 0.2) is 48.5 Å². The topological polar surface area (TPSA) is 108 Å². The van der Waals surface area contributed by atoms with Crippen LogP contribution in [0.2, 0.25) is 10.0 Å². The largest absolute Gasteiger partial charge is 0.394 e. The number of halogens is 2. The van der Waals surface area contributed by atoms with Crippen molar-refractivity contribution < 1.29 is 15.0 Å². The Morgan fingerprint density at radius 2 is 1.82 bits per heavy atom.